The molecule has 1 aliphatic rings. The summed E-state index contributed by atoms with van der Waals surface area (Å²) in [7, 11) is 0. The fourth-order valence-electron chi connectivity index (χ4n) is 2.32. The van der Waals surface area contributed by atoms with Gasteiger partial charge in [-0.3, -0.25) is 14.5 Å². The van der Waals surface area contributed by atoms with E-state index in [1.54, 1.807) is 0 Å². The number of ether oxygens (including phenoxy) is 1. The van der Waals surface area contributed by atoms with Gasteiger partial charge in [-0.05, 0) is 18.2 Å². The molecule has 0 unspecified atom stereocenters. The van der Waals surface area contributed by atoms with Crippen molar-refractivity contribution in [3.63, 3.8) is 0 Å². The van der Waals surface area contributed by atoms with Crippen LogP contribution in [-0.4, -0.2) is 53.0 Å². The number of benzene rings is 1. The van der Waals surface area contributed by atoms with Gasteiger partial charge in [-0.25, -0.2) is 13.9 Å². The molecule has 0 spiro atoms. The normalized spacial score (nSPS) is 16.8. The first-order valence-electron chi connectivity index (χ1n) is 6.95. The molecule has 2 aromatic rings. The first-order chi connectivity index (χ1) is 11.6. The van der Waals surface area contributed by atoms with E-state index in [4.69, 9.17) is 4.74 Å². The number of halogens is 1. The van der Waals surface area contributed by atoms with Crippen LogP contribution in [0.2, 0.25) is 0 Å². The highest BCUT2D eigenvalue weighted by Gasteiger charge is 2.32. The molecule has 2 amide bonds. The van der Waals surface area contributed by atoms with Gasteiger partial charge in [0.15, 0.2) is 12.1 Å². The Morgan fingerprint density at radius 1 is 1.42 bits per heavy atom. The summed E-state index contributed by atoms with van der Waals surface area (Å²) < 4.78 is 20.5. The van der Waals surface area contributed by atoms with Crippen LogP contribution in [0.4, 0.5) is 14.9 Å². The molecule has 1 atom stereocenters. The quantitative estimate of drug-likeness (QED) is 0.762. The van der Waals surface area contributed by atoms with Gasteiger partial charge in [-0.2, -0.15) is 0 Å². The predicted octanol–water partition coefficient (Wildman–Crippen LogP) is 0.290. The van der Waals surface area contributed by atoms with E-state index in [0.717, 1.165) is 10.7 Å². The van der Waals surface area contributed by atoms with Crippen molar-refractivity contribution in [2.75, 3.05) is 18.0 Å². The van der Waals surface area contributed by atoms with Gasteiger partial charge in [-0.1, -0.05) is 5.21 Å². The van der Waals surface area contributed by atoms with Crippen molar-refractivity contribution in [3.05, 3.63) is 35.9 Å². The number of carbonyl (C=O) groups excluding carboxylic acids is 3. The molecule has 0 bridgehead atoms. The largest absolute Gasteiger partial charge is 0.442 e. The van der Waals surface area contributed by atoms with E-state index in [1.165, 1.54) is 23.2 Å². The van der Waals surface area contributed by atoms with Crippen LogP contribution in [0.5, 0.6) is 0 Å². The highest BCUT2D eigenvalue weighted by atomic mass is 19.1. The number of carbonyl (C=O) groups is 3. The van der Waals surface area contributed by atoms with Gasteiger partial charge >= 0.3 is 6.09 Å². The number of rotatable bonds is 6. The number of hydrogen-bond donors (Lipinski definition) is 1. The number of nitrogens with one attached hydrogen (secondary N) is 1. The molecule has 1 aromatic heterocycles. The van der Waals surface area contributed by atoms with Crippen molar-refractivity contribution in [1.82, 2.24) is 20.3 Å². The Balaban J connectivity index is 1.80. The number of anilines is 1. The van der Waals surface area contributed by atoms with E-state index in [-0.39, 0.29) is 24.5 Å². The van der Waals surface area contributed by atoms with Crippen LogP contribution < -0.4 is 10.2 Å². The van der Waals surface area contributed by atoms with Gasteiger partial charge < -0.3 is 10.1 Å². The monoisotopic (exact) mass is 333 g/mol. The Kier molecular flexibility index (Phi) is 4.18. The Labute approximate surface area is 135 Å². The average molecular weight is 333 g/mol. The zero-order valence-electron chi connectivity index (χ0n) is 12.3. The van der Waals surface area contributed by atoms with Crippen molar-refractivity contribution < 1.29 is 23.5 Å². The molecule has 2 heterocycles. The molecule has 3 rings (SSSR count). The molecular weight excluding hydrogens is 321 g/mol. The summed E-state index contributed by atoms with van der Waals surface area (Å²) in [5.41, 5.74) is 0.476. The molecule has 24 heavy (non-hydrogen) atoms. The van der Waals surface area contributed by atoms with E-state index < -0.39 is 18.0 Å². The fraction of sp³-hybridized carbons (Fsp3) is 0.214. The van der Waals surface area contributed by atoms with Gasteiger partial charge in [0.2, 0.25) is 6.41 Å². The molecule has 1 aliphatic heterocycles. The summed E-state index contributed by atoms with van der Waals surface area (Å²) in [6.45, 7) is 0.372. The zero-order chi connectivity index (χ0) is 17.1. The standard InChI is InChI=1S/C14H12FN5O4/c15-12-3-10(19-6-11(4-16-8-22)24-14(19)23)1-2-13(12)20-5-9(7-21)17-18-20/h1-3,5,7-8,11H,4,6H2,(H,16,22)/t11-/m0/s1. The minimum Gasteiger partial charge on any atom is -0.442 e. The zero-order valence-corrected chi connectivity index (χ0v) is 12.3. The number of amides is 2. The summed E-state index contributed by atoms with van der Waals surface area (Å²) in [4.78, 5) is 34.0. The van der Waals surface area contributed by atoms with Gasteiger partial charge in [0.1, 0.15) is 17.5 Å². The number of aldehydes is 1. The third-order valence-electron chi connectivity index (χ3n) is 3.42. The average Bonchev–Trinajstić information content (AvgIpc) is 3.19. The first-order valence-corrected chi connectivity index (χ1v) is 6.95. The fourth-order valence-corrected chi connectivity index (χ4v) is 2.32. The van der Waals surface area contributed by atoms with E-state index in [1.807, 2.05) is 0 Å². The Hall–Kier alpha value is -3.30. The van der Waals surface area contributed by atoms with Crippen LogP contribution in [0.3, 0.4) is 0 Å². The van der Waals surface area contributed by atoms with Gasteiger partial charge in [0.25, 0.3) is 0 Å². The highest BCUT2D eigenvalue weighted by Crippen LogP contribution is 2.25. The van der Waals surface area contributed by atoms with Crippen LogP contribution in [0, 0.1) is 5.82 Å². The Bertz CT molecular complexity index is 793. The maximum atomic E-state index is 14.3. The maximum absolute atomic E-state index is 14.3. The molecule has 0 saturated carbocycles. The summed E-state index contributed by atoms with van der Waals surface area (Å²) >= 11 is 0. The molecule has 1 N–H and O–H groups in total. The van der Waals surface area contributed by atoms with Gasteiger partial charge in [0.05, 0.1) is 25.0 Å². The van der Waals surface area contributed by atoms with Crippen LogP contribution >= 0.6 is 0 Å². The van der Waals surface area contributed by atoms with Crippen molar-refractivity contribution >= 4 is 24.5 Å². The lowest BCUT2D eigenvalue weighted by Gasteiger charge is -2.14. The summed E-state index contributed by atoms with van der Waals surface area (Å²) in [6, 6.07) is 4.10. The third kappa shape index (κ3) is 2.93. The van der Waals surface area contributed by atoms with Crippen molar-refractivity contribution in [2.45, 2.75) is 6.10 Å². The minimum absolute atomic E-state index is 0.0760. The summed E-state index contributed by atoms with van der Waals surface area (Å²) in [6.07, 6.45) is 1.18. The Morgan fingerprint density at radius 3 is 2.92 bits per heavy atom. The van der Waals surface area contributed by atoms with Gasteiger partial charge in [0, 0.05) is 0 Å². The highest BCUT2D eigenvalue weighted by molar-refractivity contribution is 5.89. The second-order valence-electron chi connectivity index (χ2n) is 4.98. The molecule has 10 heteroatoms. The lowest BCUT2D eigenvalue weighted by atomic mass is 10.2. The number of hydrogen-bond acceptors (Lipinski definition) is 6. The lowest BCUT2D eigenvalue weighted by molar-refractivity contribution is -0.109. The van der Waals surface area contributed by atoms with E-state index in [2.05, 4.69) is 15.6 Å². The second kappa shape index (κ2) is 6.44. The Morgan fingerprint density at radius 2 is 2.25 bits per heavy atom. The molecule has 0 radical (unpaired) electrons. The first kappa shape index (κ1) is 15.6. The molecule has 124 valence electrons. The minimum atomic E-state index is -0.642. The summed E-state index contributed by atoms with van der Waals surface area (Å²) in [5, 5.41) is 9.64. The van der Waals surface area contributed by atoms with E-state index >= 15 is 0 Å². The van der Waals surface area contributed by atoms with Crippen molar-refractivity contribution in [3.8, 4) is 5.69 Å². The molecule has 1 aromatic carbocycles. The van der Waals surface area contributed by atoms with Crippen molar-refractivity contribution in [1.29, 1.82) is 0 Å². The van der Waals surface area contributed by atoms with Crippen LogP contribution in [-0.2, 0) is 9.53 Å². The SMILES string of the molecule is O=CNC[C@H]1CN(c2ccc(-n3cc(C=O)nn3)c(F)c2)C(=O)O1. The van der Waals surface area contributed by atoms with E-state index in [0.29, 0.717) is 18.4 Å². The lowest BCUT2D eigenvalue weighted by Crippen LogP contribution is -2.30. The smallest absolute Gasteiger partial charge is 0.414 e. The molecule has 9 nitrogen and oxygen atoms in total. The van der Waals surface area contributed by atoms with E-state index in [9.17, 15) is 18.8 Å². The van der Waals surface area contributed by atoms with Crippen molar-refractivity contribution in [2.24, 2.45) is 0 Å². The van der Waals surface area contributed by atoms with Crippen LogP contribution in [0.1, 0.15) is 10.5 Å². The number of cyclic esters (lactones) is 1. The molecule has 1 saturated heterocycles. The molecular formula is C14H12FN5O4. The second-order valence-corrected chi connectivity index (χ2v) is 4.98. The number of nitrogens with zero attached hydrogens (tertiary/aromatic N) is 4. The maximum Gasteiger partial charge on any atom is 0.414 e. The predicted molar refractivity (Wildman–Crippen MR) is 78.4 cm³/mol. The third-order valence-corrected chi connectivity index (χ3v) is 3.42. The molecule has 1 fully saturated rings. The van der Waals surface area contributed by atoms with Crippen LogP contribution in [0.25, 0.3) is 5.69 Å². The molecule has 0 aliphatic carbocycles. The van der Waals surface area contributed by atoms with Crippen LogP contribution in [0.15, 0.2) is 24.4 Å². The van der Waals surface area contributed by atoms with Gasteiger partial charge in [-0.15, -0.1) is 5.10 Å². The summed E-state index contributed by atoms with van der Waals surface area (Å²) in [5.74, 6) is -0.642. The topological polar surface area (TPSA) is 106 Å². The number of aromatic nitrogens is 3.